The zero-order valence-corrected chi connectivity index (χ0v) is 18.6. The van der Waals surface area contributed by atoms with Crippen molar-refractivity contribution in [1.29, 1.82) is 5.26 Å². The number of halogens is 2. The lowest BCUT2D eigenvalue weighted by Gasteiger charge is -2.10. The first-order valence-corrected chi connectivity index (χ1v) is 11.7. The van der Waals surface area contributed by atoms with Crippen molar-refractivity contribution in [1.82, 2.24) is 14.8 Å². The van der Waals surface area contributed by atoms with Crippen LogP contribution in [-0.2, 0) is 10.0 Å². The molecule has 0 aliphatic carbocycles. The maximum atomic E-state index is 12.9. The number of thiazole rings is 1. The van der Waals surface area contributed by atoms with E-state index in [1.807, 2.05) is 6.07 Å². The van der Waals surface area contributed by atoms with E-state index in [9.17, 15) is 22.5 Å². The highest BCUT2D eigenvalue weighted by Gasteiger charge is 2.19. The Morgan fingerprint density at radius 2 is 1.97 bits per heavy atom. The Bertz CT molecular complexity index is 1430. The SMILES string of the molecule is Cc1cn(C(F)F)nc1-c1ccc(Oc2ccc(S(=O)(=O)Nc3nccs3)cc2C#N)cc1. The summed E-state index contributed by atoms with van der Waals surface area (Å²) in [7, 11) is -3.92. The summed E-state index contributed by atoms with van der Waals surface area (Å²) in [6.45, 7) is -1.04. The van der Waals surface area contributed by atoms with Crippen LogP contribution >= 0.6 is 11.3 Å². The predicted molar refractivity (Wildman–Crippen MR) is 118 cm³/mol. The molecule has 33 heavy (non-hydrogen) atoms. The quantitative estimate of drug-likeness (QED) is 0.385. The summed E-state index contributed by atoms with van der Waals surface area (Å²) in [6, 6.07) is 12.4. The van der Waals surface area contributed by atoms with Gasteiger partial charge in [0, 0.05) is 23.3 Å². The van der Waals surface area contributed by atoms with E-state index >= 15 is 0 Å². The Morgan fingerprint density at radius 3 is 2.58 bits per heavy atom. The Morgan fingerprint density at radius 1 is 1.21 bits per heavy atom. The first kappa shape index (κ1) is 22.4. The van der Waals surface area contributed by atoms with Gasteiger partial charge in [0.25, 0.3) is 10.0 Å². The molecule has 2 heterocycles. The summed E-state index contributed by atoms with van der Waals surface area (Å²) in [5.74, 6) is 0.536. The average Bonchev–Trinajstić information content (AvgIpc) is 3.43. The van der Waals surface area contributed by atoms with Gasteiger partial charge in [0.15, 0.2) is 5.13 Å². The second-order valence-corrected chi connectivity index (χ2v) is 9.33. The van der Waals surface area contributed by atoms with Crippen LogP contribution in [0.15, 0.2) is 65.1 Å². The molecule has 2 aromatic carbocycles. The molecule has 0 saturated heterocycles. The fourth-order valence-electron chi connectivity index (χ4n) is 2.98. The molecule has 4 rings (SSSR count). The molecule has 0 unspecified atom stereocenters. The zero-order valence-electron chi connectivity index (χ0n) is 16.9. The van der Waals surface area contributed by atoms with E-state index in [4.69, 9.17) is 4.74 Å². The second-order valence-electron chi connectivity index (χ2n) is 6.76. The van der Waals surface area contributed by atoms with E-state index < -0.39 is 16.6 Å². The third kappa shape index (κ3) is 4.84. The molecular formula is C21H15F2N5O3S2. The summed E-state index contributed by atoms with van der Waals surface area (Å²) < 4.78 is 59.5. The first-order chi connectivity index (χ1) is 15.8. The first-order valence-electron chi connectivity index (χ1n) is 9.35. The number of aromatic nitrogens is 3. The molecule has 0 atom stereocenters. The number of ether oxygens (including phenoxy) is 1. The monoisotopic (exact) mass is 487 g/mol. The molecule has 1 N–H and O–H groups in total. The Hall–Kier alpha value is -3.82. The van der Waals surface area contributed by atoms with Crippen molar-refractivity contribution in [3.63, 3.8) is 0 Å². The van der Waals surface area contributed by atoms with Crippen LogP contribution in [0.5, 0.6) is 11.5 Å². The van der Waals surface area contributed by atoms with Gasteiger partial charge in [0.1, 0.15) is 17.6 Å². The molecule has 0 fully saturated rings. The number of sulfonamides is 1. The third-order valence-electron chi connectivity index (χ3n) is 4.51. The number of nitrogens with zero attached hydrogens (tertiary/aromatic N) is 4. The number of alkyl halides is 2. The van der Waals surface area contributed by atoms with Crippen molar-refractivity contribution in [2.45, 2.75) is 18.4 Å². The summed E-state index contributed by atoms with van der Waals surface area (Å²) >= 11 is 1.13. The summed E-state index contributed by atoms with van der Waals surface area (Å²) in [6.07, 6.45) is 2.74. The number of rotatable bonds is 7. The number of nitriles is 1. The molecule has 0 amide bonds. The largest absolute Gasteiger partial charge is 0.456 e. The smallest absolute Gasteiger partial charge is 0.333 e. The van der Waals surface area contributed by atoms with Crippen molar-refractivity contribution in [3.8, 4) is 28.8 Å². The fraction of sp³-hybridized carbons (Fsp3) is 0.0952. The maximum Gasteiger partial charge on any atom is 0.333 e. The van der Waals surface area contributed by atoms with Crippen molar-refractivity contribution < 1.29 is 21.9 Å². The molecule has 0 saturated carbocycles. The minimum absolute atomic E-state index is 0.0209. The van der Waals surface area contributed by atoms with Crippen LogP contribution in [0.2, 0.25) is 0 Å². The molecule has 168 valence electrons. The van der Waals surface area contributed by atoms with Gasteiger partial charge in [-0.1, -0.05) is 0 Å². The van der Waals surface area contributed by atoms with Crippen LogP contribution in [-0.4, -0.2) is 23.2 Å². The topological polar surface area (TPSA) is 110 Å². The lowest BCUT2D eigenvalue weighted by Crippen LogP contribution is -2.13. The fourth-order valence-corrected chi connectivity index (χ4v) is 4.79. The van der Waals surface area contributed by atoms with E-state index in [1.165, 1.54) is 30.6 Å². The van der Waals surface area contributed by atoms with E-state index in [-0.39, 0.29) is 21.3 Å². The number of nitrogens with one attached hydrogen (secondary N) is 1. The van der Waals surface area contributed by atoms with Gasteiger partial charge in [-0.05, 0) is 55.0 Å². The van der Waals surface area contributed by atoms with Gasteiger partial charge in [-0.15, -0.1) is 11.3 Å². The summed E-state index contributed by atoms with van der Waals surface area (Å²) in [5, 5.41) is 15.2. The van der Waals surface area contributed by atoms with Crippen molar-refractivity contribution >= 4 is 26.5 Å². The van der Waals surface area contributed by atoms with Crippen LogP contribution in [0.4, 0.5) is 13.9 Å². The molecule has 0 aliphatic rings. The minimum Gasteiger partial charge on any atom is -0.456 e. The van der Waals surface area contributed by atoms with Gasteiger partial charge in [-0.3, -0.25) is 4.72 Å². The summed E-state index contributed by atoms with van der Waals surface area (Å²) in [4.78, 5) is 3.77. The highest BCUT2D eigenvalue weighted by molar-refractivity contribution is 7.93. The van der Waals surface area contributed by atoms with Crippen molar-refractivity contribution in [2.75, 3.05) is 4.72 Å². The predicted octanol–water partition coefficient (Wildman–Crippen LogP) is 5.17. The molecule has 2 aromatic heterocycles. The molecule has 4 aromatic rings. The van der Waals surface area contributed by atoms with Crippen LogP contribution in [0, 0.1) is 18.3 Å². The lowest BCUT2D eigenvalue weighted by molar-refractivity contribution is 0.0568. The van der Waals surface area contributed by atoms with E-state index in [2.05, 4.69) is 14.8 Å². The highest BCUT2D eigenvalue weighted by Crippen LogP contribution is 2.31. The molecule has 0 bridgehead atoms. The molecule has 12 heteroatoms. The van der Waals surface area contributed by atoms with E-state index in [1.54, 1.807) is 36.6 Å². The number of benzene rings is 2. The van der Waals surface area contributed by atoms with Crippen LogP contribution in [0.25, 0.3) is 11.3 Å². The number of hydrogen-bond acceptors (Lipinski definition) is 7. The maximum absolute atomic E-state index is 12.9. The van der Waals surface area contributed by atoms with Gasteiger partial charge in [0.2, 0.25) is 0 Å². The molecular weight excluding hydrogens is 472 g/mol. The normalized spacial score (nSPS) is 11.4. The number of hydrogen-bond donors (Lipinski definition) is 1. The Labute approximate surface area is 191 Å². The standard InChI is InChI=1S/C21H15F2N5O3S2/c1-13-12-28(20(22)23)26-19(13)14-2-4-16(5-3-14)31-18-7-6-17(10-15(18)11-24)33(29,30)27-21-25-8-9-32-21/h2-10,12,20H,1H3,(H,25,27). The van der Waals surface area contributed by atoms with E-state index in [0.717, 1.165) is 11.3 Å². The average molecular weight is 488 g/mol. The number of anilines is 1. The molecule has 0 aliphatic heterocycles. The molecule has 0 radical (unpaired) electrons. The van der Waals surface area contributed by atoms with Crippen LogP contribution < -0.4 is 9.46 Å². The van der Waals surface area contributed by atoms with Crippen LogP contribution in [0.3, 0.4) is 0 Å². The van der Waals surface area contributed by atoms with Crippen molar-refractivity contribution in [3.05, 3.63) is 71.4 Å². The van der Waals surface area contributed by atoms with Gasteiger partial charge in [-0.25, -0.2) is 18.1 Å². The lowest BCUT2D eigenvalue weighted by atomic mass is 10.1. The van der Waals surface area contributed by atoms with Gasteiger partial charge in [0.05, 0.1) is 16.2 Å². The van der Waals surface area contributed by atoms with Crippen LogP contribution in [0.1, 0.15) is 17.7 Å². The highest BCUT2D eigenvalue weighted by atomic mass is 32.2. The Balaban J connectivity index is 1.55. The van der Waals surface area contributed by atoms with Gasteiger partial charge >= 0.3 is 6.55 Å². The van der Waals surface area contributed by atoms with Gasteiger partial charge in [-0.2, -0.15) is 19.1 Å². The third-order valence-corrected chi connectivity index (χ3v) is 6.66. The second kappa shape index (κ2) is 8.97. The molecule has 0 spiro atoms. The van der Waals surface area contributed by atoms with Gasteiger partial charge < -0.3 is 4.74 Å². The molecule has 8 nitrogen and oxygen atoms in total. The minimum atomic E-state index is -3.92. The Kier molecular flexibility index (Phi) is 6.08. The zero-order chi connectivity index (χ0) is 23.6. The van der Waals surface area contributed by atoms with E-state index in [0.29, 0.717) is 27.3 Å². The number of aryl methyl sites for hydroxylation is 1. The summed E-state index contributed by atoms with van der Waals surface area (Å²) in [5.41, 5.74) is 1.66. The van der Waals surface area contributed by atoms with Crippen molar-refractivity contribution in [2.24, 2.45) is 0 Å².